The topological polar surface area (TPSA) is 103 Å². The number of ketones is 1. The maximum Gasteiger partial charge on any atom is 0.221 e. The van der Waals surface area contributed by atoms with Gasteiger partial charge in [-0.25, -0.2) is 0 Å². The van der Waals surface area contributed by atoms with Crippen molar-refractivity contribution in [2.45, 2.75) is 13.8 Å². The molecule has 192 valence electrons. The Morgan fingerprint density at radius 1 is 1.08 bits per heavy atom. The van der Waals surface area contributed by atoms with Crippen LogP contribution in [0.2, 0.25) is 0 Å². The third-order valence-electron chi connectivity index (χ3n) is 6.34. The zero-order valence-corrected chi connectivity index (χ0v) is 21.4. The quantitative estimate of drug-likeness (QED) is 0.293. The summed E-state index contributed by atoms with van der Waals surface area (Å²) in [5, 5.41) is 12.8. The molecule has 0 spiro atoms. The first-order valence-electron chi connectivity index (χ1n) is 12.2. The lowest BCUT2D eigenvalue weighted by Gasteiger charge is -2.34. The van der Waals surface area contributed by atoms with Crippen molar-refractivity contribution in [3.05, 3.63) is 47.7 Å². The number of ether oxygens (including phenoxy) is 3. The molecule has 0 unspecified atom stereocenters. The largest absolute Gasteiger partial charge is 0.493 e. The van der Waals surface area contributed by atoms with Gasteiger partial charge in [-0.15, -0.1) is 0 Å². The molecule has 0 saturated carbocycles. The normalized spacial score (nSPS) is 14.6. The monoisotopic (exact) mass is 493 g/mol. The fourth-order valence-corrected chi connectivity index (χ4v) is 4.49. The molecule has 36 heavy (non-hydrogen) atoms. The Balaban J connectivity index is 1.39. The van der Waals surface area contributed by atoms with Gasteiger partial charge in [0.2, 0.25) is 5.90 Å². The molecule has 3 N–H and O–H groups in total. The van der Waals surface area contributed by atoms with Crippen molar-refractivity contribution in [3.8, 4) is 17.2 Å². The van der Waals surface area contributed by atoms with Gasteiger partial charge in [0.1, 0.15) is 18.1 Å². The smallest absolute Gasteiger partial charge is 0.221 e. The second-order valence-corrected chi connectivity index (χ2v) is 9.10. The molecule has 0 amide bonds. The number of hydrogen-bond acceptors (Lipinski definition) is 8. The van der Waals surface area contributed by atoms with Gasteiger partial charge in [-0.3, -0.25) is 20.0 Å². The number of benzene rings is 2. The molecule has 3 aromatic rings. The van der Waals surface area contributed by atoms with E-state index in [1.165, 1.54) is 0 Å². The van der Waals surface area contributed by atoms with Crippen LogP contribution in [0.25, 0.3) is 10.9 Å². The van der Waals surface area contributed by atoms with Gasteiger partial charge < -0.3 is 24.5 Å². The number of carbonyl (C=O) groups is 1. The Bertz CT molecular complexity index is 1230. The van der Waals surface area contributed by atoms with Crippen LogP contribution in [0.15, 0.2) is 36.4 Å². The lowest BCUT2D eigenvalue weighted by atomic mass is 10.1. The number of methoxy groups -OCH3 is 1. The summed E-state index contributed by atoms with van der Waals surface area (Å²) in [6.07, 6.45) is 0. The summed E-state index contributed by atoms with van der Waals surface area (Å²) in [6.45, 7) is 9.07. The van der Waals surface area contributed by atoms with Crippen LogP contribution in [-0.2, 0) is 4.79 Å². The van der Waals surface area contributed by atoms with E-state index >= 15 is 0 Å². The Morgan fingerprint density at radius 3 is 2.53 bits per heavy atom. The third kappa shape index (κ3) is 6.16. The van der Waals surface area contributed by atoms with Gasteiger partial charge in [-0.05, 0) is 44.2 Å². The number of hydrogen-bond donors (Lipinski definition) is 3. The van der Waals surface area contributed by atoms with E-state index in [0.717, 1.165) is 49.3 Å². The molecule has 2 aromatic carbocycles. The average molecular weight is 494 g/mol. The molecular formula is C27H35N5O4. The molecule has 1 saturated heterocycles. The number of nitrogens with one attached hydrogen (secondary N) is 3. The van der Waals surface area contributed by atoms with Crippen LogP contribution in [0.4, 0.5) is 5.69 Å². The fraction of sp³-hybridized carbons (Fsp3) is 0.407. The van der Waals surface area contributed by atoms with E-state index in [-0.39, 0.29) is 11.7 Å². The van der Waals surface area contributed by atoms with Crippen molar-refractivity contribution >= 4 is 28.3 Å². The summed E-state index contributed by atoms with van der Waals surface area (Å²) in [6, 6.07) is 11.4. The first kappa shape index (κ1) is 25.5. The second-order valence-electron chi connectivity index (χ2n) is 9.10. The number of aromatic amines is 1. The number of aryl methyl sites for hydroxylation is 1. The van der Waals surface area contributed by atoms with Crippen LogP contribution in [0, 0.1) is 12.3 Å². The van der Waals surface area contributed by atoms with Gasteiger partial charge in [0.15, 0.2) is 11.5 Å². The first-order valence-corrected chi connectivity index (χ1v) is 12.2. The van der Waals surface area contributed by atoms with Crippen molar-refractivity contribution < 1.29 is 19.0 Å². The number of rotatable bonds is 10. The number of piperazine rings is 1. The van der Waals surface area contributed by atoms with Crippen molar-refractivity contribution in [1.29, 1.82) is 5.41 Å². The molecule has 1 aliphatic rings. The fourth-order valence-electron chi connectivity index (χ4n) is 4.49. The Labute approximate surface area is 211 Å². The summed E-state index contributed by atoms with van der Waals surface area (Å²) in [4.78, 5) is 19.1. The lowest BCUT2D eigenvalue weighted by Crippen LogP contribution is -2.48. The molecule has 1 aromatic heterocycles. The Kier molecular flexibility index (Phi) is 8.12. The SMILES string of the molecule is CNc1cc(OCCN2CCN(CC(C)=O)CC2)c(OC)cc1C(=N)Oc1ccc2[nH]c(C)cc2c1. The van der Waals surface area contributed by atoms with Crippen LogP contribution >= 0.6 is 0 Å². The van der Waals surface area contributed by atoms with Crippen LogP contribution in [0.5, 0.6) is 17.2 Å². The molecular weight excluding hydrogens is 458 g/mol. The lowest BCUT2D eigenvalue weighted by molar-refractivity contribution is -0.118. The molecule has 9 nitrogen and oxygen atoms in total. The molecule has 0 bridgehead atoms. The molecule has 9 heteroatoms. The Hall–Kier alpha value is -3.56. The number of H-pyrrole nitrogens is 1. The van der Waals surface area contributed by atoms with Crippen LogP contribution in [0.3, 0.4) is 0 Å². The van der Waals surface area contributed by atoms with Crippen molar-refractivity contribution in [2.75, 3.05) is 65.3 Å². The van der Waals surface area contributed by atoms with Crippen LogP contribution in [-0.4, -0.2) is 86.5 Å². The molecule has 0 radical (unpaired) electrons. The minimum Gasteiger partial charge on any atom is -0.493 e. The van der Waals surface area contributed by atoms with Gasteiger partial charge in [0.05, 0.1) is 24.9 Å². The molecule has 0 aliphatic carbocycles. The predicted octanol–water partition coefficient (Wildman–Crippen LogP) is 3.52. The van der Waals surface area contributed by atoms with E-state index in [4.69, 9.17) is 19.6 Å². The van der Waals surface area contributed by atoms with Gasteiger partial charge in [0, 0.05) is 62.4 Å². The molecule has 0 atom stereocenters. The van der Waals surface area contributed by atoms with Gasteiger partial charge in [-0.1, -0.05) is 0 Å². The van der Waals surface area contributed by atoms with Gasteiger partial charge in [-0.2, -0.15) is 0 Å². The summed E-state index contributed by atoms with van der Waals surface area (Å²) < 4.78 is 17.6. The molecule has 1 fully saturated rings. The summed E-state index contributed by atoms with van der Waals surface area (Å²) >= 11 is 0. The van der Waals surface area contributed by atoms with Gasteiger partial charge >= 0.3 is 0 Å². The predicted molar refractivity (Wildman–Crippen MR) is 142 cm³/mol. The summed E-state index contributed by atoms with van der Waals surface area (Å²) in [7, 11) is 3.39. The number of carbonyl (C=O) groups excluding carboxylic acids is 1. The number of Topliss-reactive ketones (excluding diaryl/α,β-unsaturated/α-hetero) is 1. The van der Waals surface area contributed by atoms with Crippen LogP contribution < -0.4 is 19.5 Å². The summed E-state index contributed by atoms with van der Waals surface area (Å²) in [5.41, 5.74) is 3.40. The number of anilines is 1. The first-order chi connectivity index (χ1) is 17.4. The molecule has 2 heterocycles. The highest BCUT2D eigenvalue weighted by molar-refractivity contribution is 6.00. The van der Waals surface area contributed by atoms with Gasteiger partial charge in [0.25, 0.3) is 0 Å². The summed E-state index contributed by atoms with van der Waals surface area (Å²) in [5.74, 6) is 1.96. The number of fused-ring (bicyclic) bond motifs is 1. The highest BCUT2D eigenvalue weighted by Gasteiger charge is 2.19. The standard InChI is InChI=1S/C27H35N5O4/c1-18-13-20-14-21(5-6-23(20)30-18)36-27(28)22-15-25(34-4)26(16-24(22)29-3)35-12-11-31-7-9-32(10-8-31)17-19(2)33/h5-6,13-16,28-30H,7-12,17H2,1-4H3. The van der Waals surface area contributed by atoms with E-state index in [1.54, 1.807) is 27.1 Å². The highest BCUT2D eigenvalue weighted by Crippen LogP contribution is 2.34. The van der Waals surface area contributed by atoms with Crippen LogP contribution in [0.1, 0.15) is 18.2 Å². The minimum atomic E-state index is 0.0132. The Morgan fingerprint density at radius 2 is 1.83 bits per heavy atom. The van der Waals surface area contributed by atoms with E-state index in [2.05, 4.69) is 20.1 Å². The van der Waals surface area contributed by atoms with E-state index in [0.29, 0.717) is 41.7 Å². The maximum atomic E-state index is 11.3. The van der Waals surface area contributed by atoms with Crippen molar-refractivity contribution in [1.82, 2.24) is 14.8 Å². The maximum absolute atomic E-state index is 11.3. The average Bonchev–Trinajstić information content (AvgIpc) is 3.23. The van der Waals surface area contributed by atoms with Crippen molar-refractivity contribution in [3.63, 3.8) is 0 Å². The minimum absolute atomic E-state index is 0.0132. The molecule has 1 aliphatic heterocycles. The second kappa shape index (κ2) is 11.5. The highest BCUT2D eigenvalue weighted by atomic mass is 16.5. The molecule has 4 rings (SSSR count). The number of nitrogens with zero attached hydrogens (tertiary/aromatic N) is 2. The zero-order chi connectivity index (χ0) is 25.7. The van der Waals surface area contributed by atoms with E-state index in [1.807, 2.05) is 37.3 Å². The number of aromatic nitrogens is 1. The third-order valence-corrected chi connectivity index (χ3v) is 6.34. The van der Waals surface area contributed by atoms with Crippen molar-refractivity contribution in [2.24, 2.45) is 0 Å². The van der Waals surface area contributed by atoms with E-state index < -0.39 is 0 Å². The zero-order valence-electron chi connectivity index (χ0n) is 21.4. The van der Waals surface area contributed by atoms with E-state index in [9.17, 15) is 4.79 Å².